The largest absolute Gasteiger partial charge is 0.479 e. The summed E-state index contributed by atoms with van der Waals surface area (Å²) < 4.78 is 0. The first-order valence-corrected chi connectivity index (χ1v) is 9.07. The second-order valence-electron chi connectivity index (χ2n) is 6.72. The number of benzene rings is 2. The first-order chi connectivity index (χ1) is 13.3. The lowest BCUT2D eigenvalue weighted by atomic mass is 9.87. The predicted octanol–water partition coefficient (Wildman–Crippen LogP) is 3.34. The van der Waals surface area contributed by atoms with Crippen LogP contribution in [0.25, 0.3) is 0 Å². The molecule has 0 fully saturated rings. The Bertz CT molecular complexity index is 852. The summed E-state index contributed by atoms with van der Waals surface area (Å²) >= 11 is 0. The molecule has 4 N–H and O–H groups in total. The van der Waals surface area contributed by atoms with Gasteiger partial charge < -0.3 is 21.1 Å². The number of hydrogen-bond donors (Lipinski definition) is 4. The molecule has 0 aliphatic heterocycles. The molecule has 2 rings (SSSR count). The van der Waals surface area contributed by atoms with Crippen LogP contribution in [0.5, 0.6) is 0 Å². The van der Waals surface area contributed by atoms with E-state index in [1.165, 1.54) is 6.07 Å². The summed E-state index contributed by atoms with van der Waals surface area (Å²) in [5, 5.41) is 17.9. The van der Waals surface area contributed by atoms with Crippen molar-refractivity contribution in [1.29, 1.82) is 0 Å². The molecular weight excluding hydrogens is 358 g/mol. The van der Waals surface area contributed by atoms with E-state index in [1.54, 1.807) is 55.5 Å². The fourth-order valence-corrected chi connectivity index (χ4v) is 2.85. The van der Waals surface area contributed by atoms with Crippen LogP contribution in [0.4, 0.5) is 10.5 Å². The fourth-order valence-electron chi connectivity index (χ4n) is 2.85. The van der Waals surface area contributed by atoms with Crippen molar-refractivity contribution in [1.82, 2.24) is 10.6 Å². The van der Waals surface area contributed by atoms with Gasteiger partial charge in [0.15, 0.2) is 5.54 Å². The van der Waals surface area contributed by atoms with Crippen LogP contribution < -0.4 is 16.0 Å². The molecule has 0 aliphatic carbocycles. The molecule has 2 aromatic carbocycles. The van der Waals surface area contributed by atoms with Gasteiger partial charge >= 0.3 is 12.0 Å². The molecule has 0 heterocycles. The molecule has 0 radical (unpaired) electrons. The summed E-state index contributed by atoms with van der Waals surface area (Å²) in [5.41, 5.74) is -0.374. The van der Waals surface area contributed by atoms with Gasteiger partial charge in [0.25, 0.3) is 5.91 Å². The number of rotatable bonds is 7. The average molecular weight is 383 g/mol. The molecule has 7 heteroatoms. The van der Waals surface area contributed by atoms with E-state index in [0.29, 0.717) is 11.3 Å². The molecule has 148 valence electrons. The Balaban J connectivity index is 2.26. The van der Waals surface area contributed by atoms with Crippen LogP contribution >= 0.6 is 0 Å². The summed E-state index contributed by atoms with van der Waals surface area (Å²) in [6, 6.07) is 14.5. The summed E-state index contributed by atoms with van der Waals surface area (Å²) in [4.78, 5) is 36.7. The van der Waals surface area contributed by atoms with Crippen molar-refractivity contribution in [2.75, 3.05) is 5.32 Å². The predicted molar refractivity (Wildman–Crippen MR) is 107 cm³/mol. The molecule has 0 aromatic heterocycles. The first kappa shape index (κ1) is 21.0. The second-order valence-corrected chi connectivity index (χ2v) is 6.72. The van der Waals surface area contributed by atoms with Crippen LogP contribution in [-0.2, 0) is 10.3 Å². The number of amides is 3. The summed E-state index contributed by atoms with van der Waals surface area (Å²) in [7, 11) is 0. The van der Waals surface area contributed by atoms with E-state index in [1.807, 2.05) is 13.8 Å². The number of anilines is 1. The zero-order chi connectivity index (χ0) is 20.7. The van der Waals surface area contributed by atoms with Crippen LogP contribution in [-0.4, -0.2) is 29.1 Å². The highest BCUT2D eigenvalue weighted by Crippen LogP contribution is 2.26. The number of hydrogen-bond acceptors (Lipinski definition) is 3. The Kier molecular flexibility index (Phi) is 6.76. The number of carbonyl (C=O) groups excluding carboxylic acids is 2. The summed E-state index contributed by atoms with van der Waals surface area (Å²) in [6.07, 6.45) is 0.173. The third-order valence-electron chi connectivity index (χ3n) is 4.29. The van der Waals surface area contributed by atoms with Crippen LogP contribution in [0.2, 0.25) is 0 Å². The van der Waals surface area contributed by atoms with Gasteiger partial charge in [0.1, 0.15) is 0 Å². The standard InChI is InChI=1S/C21H25N3O4/c1-4-21(19(26)27,16-10-6-5-7-11-16)24-18(25)15-9-8-12-17(13-15)23-20(28)22-14(2)3/h5-14H,4H2,1-3H3,(H,24,25)(H,26,27)(H2,22,23,28). The van der Waals surface area contributed by atoms with Gasteiger partial charge in [-0.2, -0.15) is 0 Å². The van der Waals surface area contributed by atoms with E-state index in [0.717, 1.165) is 0 Å². The highest BCUT2D eigenvalue weighted by molar-refractivity contribution is 5.99. The summed E-state index contributed by atoms with van der Waals surface area (Å²) in [6.45, 7) is 5.38. The zero-order valence-electron chi connectivity index (χ0n) is 16.2. The Morgan fingerprint density at radius 3 is 2.29 bits per heavy atom. The normalized spacial score (nSPS) is 12.7. The molecule has 0 saturated carbocycles. The van der Waals surface area contributed by atoms with Gasteiger partial charge in [0.2, 0.25) is 0 Å². The van der Waals surface area contributed by atoms with Crippen molar-refractivity contribution in [3.8, 4) is 0 Å². The minimum absolute atomic E-state index is 0.0295. The number of carbonyl (C=O) groups is 3. The maximum Gasteiger partial charge on any atom is 0.334 e. The third kappa shape index (κ3) is 4.88. The quantitative estimate of drug-likeness (QED) is 0.588. The van der Waals surface area contributed by atoms with E-state index < -0.39 is 17.4 Å². The highest BCUT2D eigenvalue weighted by Gasteiger charge is 2.40. The van der Waals surface area contributed by atoms with Crippen molar-refractivity contribution < 1.29 is 19.5 Å². The molecule has 1 unspecified atom stereocenters. The van der Waals surface area contributed by atoms with Crippen LogP contribution in [0.3, 0.4) is 0 Å². The van der Waals surface area contributed by atoms with E-state index in [9.17, 15) is 19.5 Å². The van der Waals surface area contributed by atoms with Gasteiger partial charge in [0, 0.05) is 17.3 Å². The Morgan fingerprint density at radius 2 is 1.71 bits per heavy atom. The van der Waals surface area contributed by atoms with Crippen LogP contribution in [0.1, 0.15) is 43.1 Å². The number of carboxylic acids is 1. The molecule has 3 amide bonds. The molecule has 28 heavy (non-hydrogen) atoms. The van der Waals surface area contributed by atoms with Crippen molar-refractivity contribution in [2.24, 2.45) is 0 Å². The third-order valence-corrected chi connectivity index (χ3v) is 4.29. The molecule has 7 nitrogen and oxygen atoms in total. The minimum atomic E-state index is -1.54. The number of carboxylic acid groups (broad SMARTS) is 1. The van der Waals surface area contributed by atoms with E-state index in [2.05, 4.69) is 16.0 Å². The van der Waals surface area contributed by atoms with Gasteiger partial charge in [-0.05, 0) is 44.0 Å². The Labute approximate surface area is 164 Å². The van der Waals surface area contributed by atoms with Crippen LogP contribution in [0, 0.1) is 0 Å². The topological polar surface area (TPSA) is 108 Å². The lowest BCUT2D eigenvalue weighted by molar-refractivity contribution is -0.145. The SMILES string of the molecule is CCC(NC(=O)c1cccc(NC(=O)NC(C)C)c1)(C(=O)O)c1ccccc1. The molecule has 0 saturated heterocycles. The molecule has 0 aliphatic rings. The number of aliphatic carboxylic acids is 1. The maximum atomic E-state index is 12.8. The van der Waals surface area contributed by atoms with E-state index in [-0.39, 0.29) is 24.1 Å². The van der Waals surface area contributed by atoms with E-state index >= 15 is 0 Å². The zero-order valence-corrected chi connectivity index (χ0v) is 16.2. The maximum absolute atomic E-state index is 12.8. The average Bonchev–Trinajstić information content (AvgIpc) is 2.66. The minimum Gasteiger partial charge on any atom is -0.479 e. The van der Waals surface area contributed by atoms with Gasteiger partial charge in [-0.15, -0.1) is 0 Å². The smallest absolute Gasteiger partial charge is 0.334 e. The van der Waals surface area contributed by atoms with Crippen molar-refractivity contribution in [3.05, 3.63) is 65.7 Å². The monoisotopic (exact) mass is 383 g/mol. The van der Waals surface area contributed by atoms with Gasteiger partial charge in [0.05, 0.1) is 0 Å². The highest BCUT2D eigenvalue weighted by atomic mass is 16.4. The van der Waals surface area contributed by atoms with E-state index in [4.69, 9.17) is 0 Å². The van der Waals surface area contributed by atoms with Crippen molar-refractivity contribution >= 4 is 23.6 Å². The van der Waals surface area contributed by atoms with Gasteiger partial charge in [-0.25, -0.2) is 9.59 Å². The number of nitrogens with one attached hydrogen (secondary N) is 3. The lowest BCUT2D eigenvalue weighted by Gasteiger charge is -2.30. The number of urea groups is 1. The van der Waals surface area contributed by atoms with Gasteiger partial charge in [-0.3, -0.25) is 4.79 Å². The second kappa shape index (κ2) is 9.03. The molecular formula is C21H25N3O4. The summed E-state index contributed by atoms with van der Waals surface area (Å²) in [5.74, 6) is -1.68. The lowest BCUT2D eigenvalue weighted by Crippen LogP contribution is -2.51. The Morgan fingerprint density at radius 1 is 1.04 bits per heavy atom. The van der Waals surface area contributed by atoms with Crippen molar-refractivity contribution in [2.45, 2.75) is 38.8 Å². The van der Waals surface area contributed by atoms with Crippen molar-refractivity contribution in [3.63, 3.8) is 0 Å². The molecule has 2 aromatic rings. The molecule has 1 atom stereocenters. The van der Waals surface area contributed by atoms with Crippen LogP contribution in [0.15, 0.2) is 54.6 Å². The van der Waals surface area contributed by atoms with Gasteiger partial charge in [-0.1, -0.05) is 43.3 Å². The Hall–Kier alpha value is -3.35. The molecule has 0 spiro atoms. The fraction of sp³-hybridized carbons (Fsp3) is 0.286. The molecule has 0 bridgehead atoms. The first-order valence-electron chi connectivity index (χ1n) is 9.07.